The minimum Gasteiger partial charge on any atom is -0.308 e. The summed E-state index contributed by atoms with van der Waals surface area (Å²) >= 11 is 0. The van der Waals surface area contributed by atoms with E-state index in [1.807, 2.05) is 0 Å². The summed E-state index contributed by atoms with van der Waals surface area (Å²) in [6.45, 7) is 11.4. The molecule has 0 saturated carbocycles. The largest absolute Gasteiger partial charge is 0.308 e. The predicted molar refractivity (Wildman–Crippen MR) is 107 cm³/mol. The van der Waals surface area contributed by atoms with Crippen molar-refractivity contribution in [3.05, 3.63) is 0 Å². The normalized spacial score (nSPS) is 12.8. The highest BCUT2D eigenvalue weighted by atomic mass is 15.2. The smallest absolute Gasteiger partial charge is 0.0110 e. The van der Waals surface area contributed by atoms with Gasteiger partial charge in [0.25, 0.3) is 0 Å². The van der Waals surface area contributed by atoms with Gasteiger partial charge < -0.3 is 19.6 Å². The van der Waals surface area contributed by atoms with Crippen LogP contribution in [0, 0.1) is 0 Å². The Kier molecular flexibility index (Phi) is 13.8. The van der Waals surface area contributed by atoms with Crippen molar-refractivity contribution in [2.75, 3.05) is 122 Å². The number of likely N-dealkylation sites (N-methyl/N-ethyl adjacent to an activating group) is 4. The second-order valence-electron chi connectivity index (χ2n) is 7.90. The molecular formula is C18H44N6. The zero-order valence-corrected chi connectivity index (χ0v) is 17.8. The summed E-state index contributed by atoms with van der Waals surface area (Å²) in [6.07, 6.45) is 0. The van der Waals surface area contributed by atoms with Gasteiger partial charge in [-0.2, -0.15) is 0 Å². The molecule has 24 heavy (non-hydrogen) atoms. The molecular weight excluding hydrogens is 300 g/mol. The minimum atomic E-state index is 1.13. The van der Waals surface area contributed by atoms with E-state index in [4.69, 9.17) is 0 Å². The first kappa shape index (κ1) is 23.8. The molecule has 0 aromatic heterocycles. The van der Waals surface area contributed by atoms with E-state index in [0.717, 1.165) is 65.4 Å². The monoisotopic (exact) mass is 344 g/mol. The van der Waals surface area contributed by atoms with Crippen LogP contribution < -0.4 is 0 Å². The molecule has 0 fully saturated rings. The molecule has 0 aliphatic carbocycles. The fourth-order valence-electron chi connectivity index (χ4n) is 2.32. The molecule has 0 rings (SSSR count). The summed E-state index contributed by atoms with van der Waals surface area (Å²) in [7, 11) is 17.3. The van der Waals surface area contributed by atoms with Crippen LogP contribution in [0.25, 0.3) is 0 Å². The van der Waals surface area contributed by atoms with Crippen LogP contribution in [-0.4, -0.2) is 151 Å². The molecule has 0 N–H and O–H groups in total. The van der Waals surface area contributed by atoms with E-state index in [1.54, 1.807) is 0 Å². The minimum absolute atomic E-state index is 1.13. The van der Waals surface area contributed by atoms with Crippen molar-refractivity contribution in [1.82, 2.24) is 29.4 Å². The fourth-order valence-corrected chi connectivity index (χ4v) is 2.32. The molecule has 0 bridgehead atoms. The van der Waals surface area contributed by atoms with E-state index in [2.05, 4.69) is 85.8 Å². The summed E-state index contributed by atoms with van der Waals surface area (Å²) < 4.78 is 0. The Hall–Kier alpha value is -0.240. The Morgan fingerprint density at radius 1 is 0.292 bits per heavy atom. The lowest BCUT2D eigenvalue weighted by Crippen LogP contribution is -2.44. The van der Waals surface area contributed by atoms with Crippen molar-refractivity contribution in [3.63, 3.8) is 0 Å². The van der Waals surface area contributed by atoms with Crippen molar-refractivity contribution >= 4 is 0 Å². The molecule has 146 valence electrons. The average Bonchev–Trinajstić information content (AvgIpc) is 2.47. The van der Waals surface area contributed by atoms with Gasteiger partial charge in [0.15, 0.2) is 0 Å². The molecule has 0 aliphatic rings. The highest BCUT2D eigenvalue weighted by molar-refractivity contribution is 4.68. The van der Waals surface area contributed by atoms with Gasteiger partial charge in [0, 0.05) is 65.4 Å². The Bertz CT molecular complexity index is 229. The van der Waals surface area contributed by atoms with Crippen LogP contribution in [0.2, 0.25) is 0 Å². The molecule has 0 aromatic carbocycles. The second kappa shape index (κ2) is 14.0. The Labute approximate surface area is 152 Å². The average molecular weight is 345 g/mol. The summed E-state index contributed by atoms with van der Waals surface area (Å²) in [6, 6.07) is 0. The van der Waals surface area contributed by atoms with Gasteiger partial charge in [-0.15, -0.1) is 0 Å². The molecule has 0 spiro atoms. The number of hydrogen-bond donors (Lipinski definition) is 0. The van der Waals surface area contributed by atoms with Crippen molar-refractivity contribution in [1.29, 1.82) is 0 Å². The lowest BCUT2D eigenvalue weighted by Gasteiger charge is -2.30. The van der Waals surface area contributed by atoms with Crippen LogP contribution in [0.1, 0.15) is 0 Å². The van der Waals surface area contributed by atoms with Gasteiger partial charge in [0.2, 0.25) is 0 Å². The van der Waals surface area contributed by atoms with E-state index in [1.165, 1.54) is 0 Å². The Balaban J connectivity index is 4.43. The zero-order valence-electron chi connectivity index (χ0n) is 17.8. The van der Waals surface area contributed by atoms with Gasteiger partial charge in [-0.25, -0.2) is 0 Å². The van der Waals surface area contributed by atoms with Gasteiger partial charge in [-0.3, -0.25) is 9.80 Å². The van der Waals surface area contributed by atoms with E-state index in [-0.39, 0.29) is 0 Å². The third-order valence-electron chi connectivity index (χ3n) is 4.19. The molecule has 6 heteroatoms. The van der Waals surface area contributed by atoms with Gasteiger partial charge in [0.05, 0.1) is 0 Å². The zero-order chi connectivity index (χ0) is 18.5. The lowest BCUT2D eigenvalue weighted by atomic mass is 10.3. The summed E-state index contributed by atoms with van der Waals surface area (Å²) in [4.78, 5) is 14.3. The van der Waals surface area contributed by atoms with Crippen molar-refractivity contribution in [2.45, 2.75) is 0 Å². The van der Waals surface area contributed by atoms with Crippen LogP contribution in [0.15, 0.2) is 0 Å². The number of hydrogen-bond acceptors (Lipinski definition) is 6. The molecule has 0 saturated heterocycles. The van der Waals surface area contributed by atoms with Crippen molar-refractivity contribution < 1.29 is 0 Å². The molecule has 0 aromatic rings. The quantitative estimate of drug-likeness (QED) is 0.408. The van der Waals surface area contributed by atoms with E-state index >= 15 is 0 Å². The first-order valence-corrected chi connectivity index (χ1v) is 9.24. The third kappa shape index (κ3) is 15.3. The molecule has 6 nitrogen and oxygen atoms in total. The number of rotatable bonds is 15. The topological polar surface area (TPSA) is 19.4 Å². The van der Waals surface area contributed by atoms with Crippen LogP contribution in [-0.2, 0) is 0 Å². The van der Waals surface area contributed by atoms with Gasteiger partial charge in [-0.05, 0) is 56.4 Å². The standard InChI is InChI=1S/C18H44N6/c1-19(2)9-13-23(14-10-20(3)4)17-18-24(15-11-21(5)6)16-12-22(7)8/h9-18H2,1-8H3. The predicted octanol–water partition coefficient (Wildman–Crippen LogP) is -0.163. The molecule has 0 aliphatic heterocycles. The first-order valence-electron chi connectivity index (χ1n) is 9.24. The summed E-state index contributed by atoms with van der Waals surface area (Å²) in [5.41, 5.74) is 0. The van der Waals surface area contributed by atoms with Gasteiger partial charge >= 0.3 is 0 Å². The van der Waals surface area contributed by atoms with Crippen molar-refractivity contribution in [3.8, 4) is 0 Å². The summed E-state index contributed by atoms with van der Waals surface area (Å²) in [5, 5.41) is 0. The summed E-state index contributed by atoms with van der Waals surface area (Å²) in [5.74, 6) is 0. The third-order valence-corrected chi connectivity index (χ3v) is 4.19. The van der Waals surface area contributed by atoms with E-state index in [9.17, 15) is 0 Å². The van der Waals surface area contributed by atoms with E-state index in [0.29, 0.717) is 0 Å². The number of nitrogens with zero attached hydrogens (tertiary/aromatic N) is 6. The van der Waals surface area contributed by atoms with Crippen LogP contribution >= 0.6 is 0 Å². The lowest BCUT2D eigenvalue weighted by molar-refractivity contribution is 0.165. The van der Waals surface area contributed by atoms with Crippen LogP contribution in [0.3, 0.4) is 0 Å². The molecule has 0 unspecified atom stereocenters. The molecule has 0 amide bonds. The van der Waals surface area contributed by atoms with Gasteiger partial charge in [-0.1, -0.05) is 0 Å². The molecule has 0 radical (unpaired) electrons. The Morgan fingerprint density at radius 3 is 0.625 bits per heavy atom. The maximum atomic E-state index is 2.61. The molecule has 0 heterocycles. The Morgan fingerprint density at radius 2 is 0.458 bits per heavy atom. The fraction of sp³-hybridized carbons (Fsp3) is 1.00. The van der Waals surface area contributed by atoms with Crippen molar-refractivity contribution in [2.24, 2.45) is 0 Å². The molecule has 0 atom stereocenters. The highest BCUT2D eigenvalue weighted by Gasteiger charge is 2.11. The second-order valence-corrected chi connectivity index (χ2v) is 7.90. The van der Waals surface area contributed by atoms with Crippen LogP contribution in [0.4, 0.5) is 0 Å². The maximum Gasteiger partial charge on any atom is 0.0110 e. The highest BCUT2D eigenvalue weighted by Crippen LogP contribution is 1.96. The van der Waals surface area contributed by atoms with Crippen LogP contribution in [0.5, 0.6) is 0 Å². The van der Waals surface area contributed by atoms with E-state index < -0.39 is 0 Å². The first-order chi connectivity index (χ1) is 11.2. The maximum absolute atomic E-state index is 2.61. The van der Waals surface area contributed by atoms with Gasteiger partial charge in [0.1, 0.15) is 0 Å². The SMILES string of the molecule is CN(C)CCN(CCN(C)C)CCN(CCN(C)C)CCN(C)C.